The molecule has 96 valence electrons. The third-order valence-corrected chi connectivity index (χ3v) is 1.28. The Morgan fingerprint density at radius 3 is 2.18 bits per heavy atom. The molecule has 2 N–H and O–H groups in total. The van der Waals surface area contributed by atoms with Crippen LogP contribution in [0.2, 0.25) is 0 Å². The lowest BCUT2D eigenvalue weighted by molar-refractivity contribution is 0.151. The van der Waals surface area contributed by atoms with Crippen molar-refractivity contribution in [2.75, 3.05) is 13.2 Å². The molecule has 0 atom stereocenters. The number of nitrogens with zero attached hydrogens (tertiary/aromatic N) is 2. The molecular formula is C9H16N4O4. The minimum atomic E-state index is -0.657. The molecule has 0 aromatic rings. The van der Waals surface area contributed by atoms with E-state index in [1.54, 1.807) is 20.8 Å². The topological polar surface area (TPSA) is 101 Å². The van der Waals surface area contributed by atoms with Gasteiger partial charge in [-0.05, 0) is 20.8 Å². The van der Waals surface area contributed by atoms with Crippen LogP contribution in [-0.2, 0) is 9.47 Å². The maximum absolute atomic E-state index is 10.8. The van der Waals surface area contributed by atoms with Gasteiger partial charge in [-0.15, -0.1) is 0 Å². The zero-order valence-corrected chi connectivity index (χ0v) is 10.0. The van der Waals surface area contributed by atoms with Crippen molar-refractivity contribution in [1.29, 1.82) is 0 Å². The molecule has 0 saturated heterocycles. The summed E-state index contributed by atoms with van der Waals surface area (Å²) in [6.45, 7) is 5.47. The third kappa shape index (κ3) is 8.85. The van der Waals surface area contributed by atoms with Gasteiger partial charge in [0, 0.05) is 0 Å². The fourth-order valence-electron chi connectivity index (χ4n) is 0.668. The van der Waals surface area contributed by atoms with Crippen molar-refractivity contribution in [3.8, 4) is 0 Å². The average molecular weight is 244 g/mol. The molecule has 0 spiro atoms. The fourth-order valence-corrected chi connectivity index (χ4v) is 0.668. The molecule has 17 heavy (non-hydrogen) atoms. The number of hydrogen-bond donors (Lipinski definition) is 2. The molecular weight excluding hydrogens is 228 g/mol. The Hall–Kier alpha value is -2.12. The summed E-state index contributed by atoms with van der Waals surface area (Å²) >= 11 is 0. The van der Waals surface area contributed by atoms with Crippen LogP contribution in [0, 0.1) is 0 Å². The normalized spacial score (nSPS) is 11.1. The van der Waals surface area contributed by atoms with Gasteiger partial charge in [-0.2, -0.15) is 10.2 Å². The van der Waals surface area contributed by atoms with E-state index in [-0.39, 0.29) is 13.2 Å². The molecule has 0 aromatic heterocycles. The van der Waals surface area contributed by atoms with Gasteiger partial charge in [0.2, 0.25) is 0 Å². The lowest BCUT2D eigenvalue weighted by Gasteiger charge is -2.00. The molecule has 0 radical (unpaired) electrons. The van der Waals surface area contributed by atoms with Crippen molar-refractivity contribution in [2.24, 2.45) is 10.2 Å². The summed E-state index contributed by atoms with van der Waals surface area (Å²) < 4.78 is 9.14. The van der Waals surface area contributed by atoms with Gasteiger partial charge >= 0.3 is 12.2 Å². The maximum Gasteiger partial charge on any atom is 0.427 e. The Bertz CT molecular complexity index is 314. The van der Waals surface area contributed by atoms with Crippen LogP contribution in [0.4, 0.5) is 9.59 Å². The molecule has 0 aliphatic heterocycles. The molecule has 0 rings (SSSR count). The van der Waals surface area contributed by atoms with Crippen LogP contribution < -0.4 is 10.9 Å². The van der Waals surface area contributed by atoms with Crippen LogP contribution in [-0.4, -0.2) is 37.3 Å². The Morgan fingerprint density at radius 2 is 1.65 bits per heavy atom. The number of ether oxygens (including phenoxy) is 2. The summed E-state index contributed by atoms with van der Waals surface area (Å²) in [5, 5.41) is 7.18. The fraction of sp³-hybridized carbons (Fsp3) is 0.556. The SMILES string of the molecule is CCOC(=O)NN=CC(C)=NNC(=O)OCC. The van der Waals surface area contributed by atoms with Gasteiger partial charge in [0.15, 0.2) is 0 Å². The van der Waals surface area contributed by atoms with Crippen molar-refractivity contribution in [2.45, 2.75) is 20.8 Å². The van der Waals surface area contributed by atoms with E-state index >= 15 is 0 Å². The largest absolute Gasteiger partial charge is 0.449 e. The molecule has 0 bridgehead atoms. The van der Waals surface area contributed by atoms with Gasteiger partial charge in [-0.25, -0.2) is 20.4 Å². The molecule has 8 heteroatoms. The molecule has 0 aliphatic carbocycles. The summed E-state index contributed by atoms with van der Waals surface area (Å²) in [5.41, 5.74) is 4.63. The zero-order valence-electron chi connectivity index (χ0n) is 10.0. The standard InChI is InChI=1S/C9H16N4O4/c1-4-16-8(14)12-10-6-7(3)11-13-9(15)17-5-2/h6H,4-5H2,1-3H3,(H,12,14)(H,13,15). The third-order valence-electron chi connectivity index (χ3n) is 1.28. The lowest BCUT2D eigenvalue weighted by atomic mass is 10.5. The van der Waals surface area contributed by atoms with E-state index < -0.39 is 12.2 Å². The molecule has 2 amide bonds. The second kappa shape index (κ2) is 9.13. The first-order chi connectivity index (χ1) is 8.10. The average Bonchev–Trinajstić information content (AvgIpc) is 2.27. The summed E-state index contributed by atoms with van der Waals surface area (Å²) in [7, 11) is 0. The van der Waals surface area contributed by atoms with E-state index in [2.05, 4.69) is 30.5 Å². The number of carbonyl (C=O) groups excluding carboxylic acids is 2. The first-order valence-electron chi connectivity index (χ1n) is 5.03. The zero-order chi connectivity index (χ0) is 13.1. The summed E-state index contributed by atoms with van der Waals surface area (Å²) in [4.78, 5) is 21.6. The highest BCUT2D eigenvalue weighted by Gasteiger charge is 1.97. The molecule has 0 unspecified atom stereocenters. The van der Waals surface area contributed by atoms with Crippen LogP contribution in [0.1, 0.15) is 20.8 Å². The molecule has 0 heterocycles. The minimum absolute atomic E-state index is 0.263. The van der Waals surface area contributed by atoms with Crippen molar-refractivity contribution < 1.29 is 19.1 Å². The van der Waals surface area contributed by atoms with Crippen LogP contribution >= 0.6 is 0 Å². The molecule has 0 saturated carbocycles. The van der Waals surface area contributed by atoms with E-state index in [0.717, 1.165) is 0 Å². The minimum Gasteiger partial charge on any atom is -0.449 e. The van der Waals surface area contributed by atoms with E-state index in [1.165, 1.54) is 6.21 Å². The van der Waals surface area contributed by atoms with Gasteiger partial charge in [0.1, 0.15) is 0 Å². The number of rotatable bonds is 5. The van der Waals surface area contributed by atoms with Crippen molar-refractivity contribution in [1.82, 2.24) is 10.9 Å². The predicted octanol–water partition coefficient (Wildman–Crippen LogP) is 0.840. The van der Waals surface area contributed by atoms with Gasteiger partial charge in [0.25, 0.3) is 0 Å². The molecule has 0 aliphatic rings. The molecule has 0 fully saturated rings. The van der Waals surface area contributed by atoms with Crippen molar-refractivity contribution in [3.05, 3.63) is 0 Å². The number of nitrogens with one attached hydrogen (secondary N) is 2. The van der Waals surface area contributed by atoms with Gasteiger partial charge in [-0.1, -0.05) is 0 Å². The summed E-state index contributed by atoms with van der Waals surface area (Å²) in [5.74, 6) is 0. The Kier molecular flexibility index (Phi) is 7.99. The monoisotopic (exact) mass is 244 g/mol. The highest BCUT2D eigenvalue weighted by atomic mass is 16.6. The van der Waals surface area contributed by atoms with Crippen LogP contribution in [0.5, 0.6) is 0 Å². The highest BCUT2D eigenvalue weighted by molar-refractivity contribution is 6.29. The number of amides is 2. The number of hydrazone groups is 2. The highest BCUT2D eigenvalue weighted by Crippen LogP contribution is 1.78. The van der Waals surface area contributed by atoms with E-state index in [0.29, 0.717) is 5.71 Å². The van der Waals surface area contributed by atoms with Gasteiger partial charge in [-0.3, -0.25) is 0 Å². The Labute approximate surface area is 99.0 Å². The van der Waals surface area contributed by atoms with E-state index in [4.69, 9.17) is 0 Å². The Morgan fingerprint density at radius 1 is 1.12 bits per heavy atom. The quantitative estimate of drug-likeness (QED) is 0.552. The maximum atomic E-state index is 10.8. The second-order valence-electron chi connectivity index (χ2n) is 2.68. The van der Waals surface area contributed by atoms with Crippen molar-refractivity contribution >= 4 is 24.1 Å². The van der Waals surface area contributed by atoms with Crippen LogP contribution in [0.3, 0.4) is 0 Å². The van der Waals surface area contributed by atoms with E-state index in [9.17, 15) is 9.59 Å². The van der Waals surface area contributed by atoms with Gasteiger partial charge < -0.3 is 9.47 Å². The second-order valence-corrected chi connectivity index (χ2v) is 2.68. The van der Waals surface area contributed by atoms with Gasteiger partial charge in [0.05, 0.1) is 25.1 Å². The summed E-state index contributed by atoms with van der Waals surface area (Å²) in [6, 6.07) is 0. The predicted molar refractivity (Wildman–Crippen MR) is 61.9 cm³/mol. The lowest BCUT2D eigenvalue weighted by Crippen LogP contribution is -2.21. The first kappa shape index (κ1) is 14.9. The van der Waals surface area contributed by atoms with Crippen LogP contribution in [0.15, 0.2) is 10.2 Å². The first-order valence-corrected chi connectivity index (χ1v) is 5.03. The van der Waals surface area contributed by atoms with Crippen LogP contribution in [0.25, 0.3) is 0 Å². The smallest absolute Gasteiger partial charge is 0.427 e. The van der Waals surface area contributed by atoms with E-state index in [1.807, 2.05) is 0 Å². The Balaban J connectivity index is 3.94. The summed E-state index contributed by atoms with van der Waals surface area (Å²) in [6.07, 6.45) is -0.0584. The molecule has 0 aromatic carbocycles. The number of carbonyl (C=O) groups is 2. The molecule has 8 nitrogen and oxygen atoms in total. The number of hydrogen-bond acceptors (Lipinski definition) is 6. The van der Waals surface area contributed by atoms with Crippen molar-refractivity contribution in [3.63, 3.8) is 0 Å².